The minimum absolute atomic E-state index is 0.0483. The number of imidazole rings is 1. The maximum absolute atomic E-state index is 9.12. The van der Waals surface area contributed by atoms with Crippen LogP contribution in [-0.2, 0) is 13.6 Å². The first-order valence-electron chi connectivity index (χ1n) is 8.72. The number of aromatic nitrogens is 2. The summed E-state index contributed by atoms with van der Waals surface area (Å²) in [6.45, 7) is 4.18. The molecular weight excluding hydrogens is 318 g/mol. The van der Waals surface area contributed by atoms with Crippen molar-refractivity contribution in [3.05, 3.63) is 36.7 Å². The first-order chi connectivity index (χ1) is 12.2. The standard InChI is InChI=1S/C18H28N5O2/c1-3-4-9-23-11-10-21(2)18(23)20-19-16-5-7-17(8-6-16)22(12-14-24)13-15-25/h5-8,10-11,24-25H,3-4,9,12-15H2,1-2H3/q+1. The third kappa shape index (κ3) is 5.37. The zero-order chi connectivity index (χ0) is 18.1. The highest BCUT2D eigenvalue weighted by Crippen LogP contribution is 2.21. The quantitative estimate of drug-likeness (QED) is 0.512. The van der Waals surface area contributed by atoms with Gasteiger partial charge in [0, 0.05) is 23.9 Å². The second kappa shape index (κ2) is 9.90. The smallest absolute Gasteiger partial charge is 0.395 e. The van der Waals surface area contributed by atoms with Gasteiger partial charge in [0.2, 0.25) is 0 Å². The lowest BCUT2D eigenvalue weighted by Gasteiger charge is -2.22. The average molecular weight is 346 g/mol. The molecule has 1 aromatic heterocycles. The Morgan fingerprint density at radius 2 is 1.76 bits per heavy atom. The molecule has 7 nitrogen and oxygen atoms in total. The molecule has 0 aliphatic rings. The van der Waals surface area contributed by atoms with E-state index in [1.807, 2.05) is 53.2 Å². The zero-order valence-electron chi connectivity index (χ0n) is 15.0. The van der Waals surface area contributed by atoms with Crippen LogP contribution in [-0.4, -0.2) is 41.1 Å². The average Bonchev–Trinajstić information content (AvgIpc) is 2.98. The molecule has 0 fully saturated rings. The number of unbranched alkanes of at least 4 members (excludes halogenated alkanes) is 1. The van der Waals surface area contributed by atoms with Crippen molar-refractivity contribution < 1.29 is 14.8 Å². The van der Waals surface area contributed by atoms with Gasteiger partial charge in [-0.1, -0.05) is 18.5 Å². The van der Waals surface area contributed by atoms with Gasteiger partial charge in [0.05, 0.1) is 39.2 Å². The molecule has 2 aromatic rings. The van der Waals surface area contributed by atoms with Crippen LogP contribution in [0.1, 0.15) is 19.8 Å². The summed E-state index contributed by atoms with van der Waals surface area (Å²) in [5, 5.41) is 27.0. The van der Waals surface area contributed by atoms with E-state index in [1.165, 1.54) is 0 Å². The Kier molecular flexibility index (Phi) is 7.56. The third-order valence-electron chi connectivity index (χ3n) is 4.00. The molecule has 0 aliphatic carbocycles. The van der Waals surface area contributed by atoms with Gasteiger partial charge in [-0.25, -0.2) is 9.13 Å². The monoisotopic (exact) mass is 346 g/mol. The molecule has 0 saturated heterocycles. The van der Waals surface area contributed by atoms with Crippen LogP contribution in [0.5, 0.6) is 0 Å². The van der Waals surface area contributed by atoms with E-state index in [-0.39, 0.29) is 13.2 Å². The van der Waals surface area contributed by atoms with Crippen molar-refractivity contribution >= 4 is 17.3 Å². The van der Waals surface area contributed by atoms with Crippen molar-refractivity contribution in [3.8, 4) is 0 Å². The SMILES string of the molecule is CCCCn1cc[n+](C)c1N=Nc1ccc(N(CCO)CCO)cc1. The summed E-state index contributed by atoms with van der Waals surface area (Å²) in [6.07, 6.45) is 6.25. The molecule has 0 atom stereocenters. The van der Waals surface area contributed by atoms with Crippen LogP contribution in [0.4, 0.5) is 17.3 Å². The van der Waals surface area contributed by atoms with Crippen molar-refractivity contribution in [2.75, 3.05) is 31.2 Å². The number of aryl methyl sites for hydroxylation is 2. The predicted octanol–water partition coefficient (Wildman–Crippen LogP) is 2.32. The van der Waals surface area contributed by atoms with Crippen LogP contribution in [0.25, 0.3) is 0 Å². The highest BCUT2D eigenvalue weighted by molar-refractivity contribution is 5.52. The van der Waals surface area contributed by atoms with E-state index in [0.29, 0.717) is 13.1 Å². The number of aliphatic hydroxyl groups excluding tert-OH is 2. The Morgan fingerprint density at radius 1 is 1.08 bits per heavy atom. The Hall–Kier alpha value is -2.25. The van der Waals surface area contributed by atoms with Crippen molar-refractivity contribution in [1.29, 1.82) is 0 Å². The fraction of sp³-hybridized carbons (Fsp3) is 0.500. The number of aliphatic hydroxyl groups is 2. The zero-order valence-corrected chi connectivity index (χ0v) is 15.0. The molecule has 7 heteroatoms. The van der Waals surface area contributed by atoms with E-state index in [2.05, 4.69) is 21.7 Å². The lowest BCUT2D eigenvalue weighted by molar-refractivity contribution is -0.657. The van der Waals surface area contributed by atoms with Gasteiger partial charge < -0.3 is 15.1 Å². The van der Waals surface area contributed by atoms with Gasteiger partial charge in [0.25, 0.3) is 0 Å². The number of rotatable bonds is 10. The highest BCUT2D eigenvalue weighted by atomic mass is 16.3. The predicted molar refractivity (Wildman–Crippen MR) is 97.5 cm³/mol. The van der Waals surface area contributed by atoms with Crippen LogP contribution in [0.2, 0.25) is 0 Å². The fourth-order valence-electron chi connectivity index (χ4n) is 2.59. The molecule has 25 heavy (non-hydrogen) atoms. The van der Waals surface area contributed by atoms with Gasteiger partial charge in [-0.3, -0.25) is 0 Å². The van der Waals surface area contributed by atoms with Gasteiger partial charge in [-0.05, 0) is 30.7 Å². The molecule has 2 rings (SSSR count). The number of azo groups is 1. The molecule has 1 heterocycles. The molecule has 0 radical (unpaired) electrons. The summed E-state index contributed by atoms with van der Waals surface area (Å²) in [5.74, 6) is 0.819. The summed E-state index contributed by atoms with van der Waals surface area (Å²) >= 11 is 0. The van der Waals surface area contributed by atoms with Gasteiger partial charge in [-0.15, -0.1) is 0 Å². The summed E-state index contributed by atoms with van der Waals surface area (Å²) in [7, 11) is 1.96. The summed E-state index contributed by atoms with van der Waals surface area (Å²) in [4.78, 5) is 1.93. The summed E-state index contributed by atoms with van der Waals surface area (Å²) in [5.41, 5.74) is 1.71. The minimum Gasteiger partial charge on any atom is -0.395 e. The number of hydrogen-bond donors (Lipinski definition) is 2. The van der Waals surface area contributed by atoms with Gasteiger partial charge in [0.15, 0.2) is 0 Å². The van der Waals surface area contributed by atoms with Gasteiger partial charge in [-0.2, -0.15) is 0 Å². The van der Waals surface area contributed by atoms with E-state index < -0.39 is 0 Å². The first-order valence-corrected chi connectivity index (χ1v) is 8.72. The van der Waals surface area contributed by atoms with E-state index in [9.17, 15) is 0 Å². The van der Waals surface area contributed by atoms with Crippen LogP contribution >= 0.6 is 0 Å². The molecule has 0 unspecified atom stereocenters. The highest BCUT2D eigenvalue weighted by Gasteiger charge is 2.13. The van der Waals surface area contributed by atoms with E-state index in [1.54, 1.807) is 0 Å². The number of nitrogens with zero attached hydrogens (tertiary/aromatic N) is 5. The molecule has 0 saturated carbocycles. The first kappa shape index (κ1) is 19.1. The third-order valence-corrected chi connectivity index (χ3v) is 4.00. The molecule has 1 aromatic carbocycles. The Labute approximate surface area is 148 Å². The minimum atomic E-state index is 0.0483. The van der Waals surface area contributed by atoms with E-state index in [4.69, 9.17) is 10.2 Å². The van der Waals surface area contributed by atoms with Gasteiger partial charge >= 0.3 is 5.95 Å². The number of hydrogen-bond acceptors (Lipinski definition) is 5. The Bertz CT molecular complexity index is 661. The normalized spacial score (nSPS) is 11.4. The molecule has 0 spiro atoms. The van der Waals surface area contributed by atoms with E-state index >= 15 is 0 Å². The molecule has 136 valence electrons. The lowest BCUT2D eigenvalue weighted by atomic mass is 10.2. The maximum Gasteiger partial charge on any atom is 0.421 e. The lowest BCUT2D eigenvalue weighted by Crippen LogP contribution is -2.29. The topological polar surface area (TPSA) is 77.2 Å². The number of anilines is 1. The number of benzene rings is 1. The molecule has 0 bridgehead atoms. The molecular formula is C18H28N5O2+. The van der Waals surface area contributed by atoms with Crippen molar-refractivity contribution in [3.63, 3.8) is 0 Å². The second-order valence-electron chi connectivity index (χ2n) is 5.91. The second-order valence-corrected chi connectivity index (χ2v) is 5.91. The van der Waals surface area contributed by atoms with Crippen LogP contribution in [0.3, 0.4) is 0 Å². The largest absolute Gasteiger partial charge is 0.421 e. The van der Waals surface area contributed by atoms with E-state index in [0.717, 1.165) is 36.7 Å². The fourth-order valence-corrected chi connectivity index (χ4v) is 2.59. The Morgan fingerprint density at radius 3 is 2.36 bits per heavy atom. The maximum atomic E-state index is 9.12. The summed E-state index contributed by atoms with van der Waals surface area (Å²) < 4.78 is 4.06. The molecule has 0 aliphatic heterocycles. The molecule has 0 amide bonds. The van der Waals surface area contributed by atoms with Crippen molar-refractivity contribution in [2.45, 2.75) is 26.3 Å². The van der Waals surface area contributed by atoms with Crippen LogP contribution < -0.4 is 9.47 Å². The van der Waals surface area contributed by atoms with Crippen molar-refractivity contribution in [1.82, 2.24) is 4.57 Å². The van der Waals surface area contributed by atoms with Gasteiger partial charge in [0.1, 0.15) is 5.69 Å². The van der Waals surface area contributed by atoms with Crippen molar-refractivity contribution in [2.24, 2.45) is 17.3 Å². The van der Waals surface area contributed by atoms with Crippen LogP contribution in [0.15, 0.2) is 46.9 Å². The Balaban J connectivity index is 2.10. The summed E-state index contributed by atoms with van der Waals surface area (Å²) in [6, 6.07) is 7.63. The van der Waals surface area contributed by atoms with Crippen LogP contribution in [0, 0.1) is 0 Å². The molecule has 2 N–H and O–H groups in total.